The molecule has 0 atom stereocenters. The Morgan fingerprint density at radius 2 is 2.08 bits per heavy atom. The van der Waals surface area contributed by atoms with E-state index in [0.717, 1.165) is 18.4 Å². The molecule has 0 fully saturated rings. The average Bonchev–Trinajstić information content (AvgIpc) is 2.15. The van der Waals surface area contributed by atoms with Crippen LogP contribution in [0.15, 0.2) is 24.3 Å². The molecular formula is C11H13O. The normalized spacial score (nSPS) is 9.75. The van der Waals surface area contributed by atoms with Crippen molar-refractivity contribution in [1.29, 1.82) is 0 Å². The quantitative estimate of drug-likeness (QED) is 0.620. The van der Waals surface area contributed by atoms with Crippen LogP contribution in [0, 0.1) is 6.07 Å². The third-order valence-corrected chi connectivity index (χ3v) is 1.80. The van der Waals surface area contributed by atoms with Gasteiger partial charge < -0.3 is 0 Å². The molecule has 12 heavy (non-hydrogen) atoms. The SMILES string of the molecule is CCCCC(=O)c1cc[c]cc1. The van der Waals surface area contributed by atoms with Crippen molar-refractivity contribution in [3.05, 3.63) is 35.9 Å². The van der Waals surface area contributed by atoms with Crippen molar-refractivity contribution in [3.63, 3.8) is 0 Å². The van der Waals surface area contributed by atoms with Gasteiger partial charge in [-0.05, 0) is 12.5 Å². The number of carbonyl (C=O) groups excluding carboxylic acids is 1. The van der Waals surface area contributed by atoms with Gasteiger partial charge in [-0.25, -0.2) is 0 Å². The van der Waals surface area contributed by atoms with Crippen LogP contribution in [-0.2, 0) is 0 Å². The predicted molar refractivity (Wildman–Crippen MR) is 49.1 cm³/mol. The van der Waals surface area contributed by atoms with E-state index in [1.807, 2.05) is 12.1 Å². The first-order valence-corrected chi connectivity index (χ1v) is 4.34. The number of ketones is 1. The number of rotatable bonds is 4. The van der Waals surface area contributed by atoms with Gasteiger partial charge in [0.15, 0.2) is 5.78 Å². The number of benzene rings is 1. The number of hydrogen-bond donors (Lipinski definition) is 0. The zero-order chi connectivity index (χ0) is 8.81. The Labute approximate surface area is 73.4 Å². The van der Waals surface area contributed by atoms with Gasteiger partial charge in [-0.2, -0.15) is 0 Å². The molecule has 0 aliphatic rings. The van der Waals surface area contributed by atoms with E-state index in [9.17, 15) is 4.79 Å². The minimum absolute atomic E-state index is 0.242. The highest BCUT2D eigenvalue weighted by atomic mass is 16.1. The van der Waals surface area contributed by atoms with Crippen LogP contribution >= 0.6 is 0 Å². The van der Waals surface area contributed by atoms with Gasteiger partial charge in [-0.3, -0.25) is 4.79 Å². The zero-order valence-corrected chi connectivity index (χ0v) is 7.34. The Hall–Kier alpha value is -1.11. The van der Waals surface area contributed by atoms with E-state index in [-0.39, 0.29) is 5.78 Å². The van der Waals surface area contributed by atoms with Crippen LogP contribution in [-0.4, -0.2) is 5.78 Å². The molecule has 0 aliphatic heterocycles. The molecule has 0 saturated carbocycles. The largest absolute Gasteiger partial charge is 0.294 e. The zero-order valence-electron chi connectivity index (χ0n) is 7.34. The molecule has 0 heterocycles. The number of unbranched alkanes of at least 4 members (excludes halogenated alkanes) is 1. The average molecular weight is 161 g/mol. The molecule has 0 unspecified atom stereocenters. The van der Waals surface area contributed by atoms with Crippen LogP contribution in [0.5, 0.6) is 0 Å². The van der Waals surface area contributed by atoms with E-state index in [0.29, 0.717) is 6.42 Å². The molecular weight excluding hydrogens is 148 g/mol. The van der Waals surface area contributed by atoms with Crippen molar-refractivity contribution in [2.45, 2.75) is 26.2 Å². The van der Waals surface area contributed by atoms with E-state index in [1.54, 1.807) is 12.1 Å². The Balaban J connectivity index is 2.54. The number of carbonyl (C=O) groups is 1. The van der Waals surface area contributed by atoms with Gasteiger partial charge in [0.25, 0.3) is 0 Å². The summed E-state index contributed by atoms with van der Waals surface area (Å²) in [5.74, 6) is 0.242. The molecule has 0 amide bonds. The monoisotopic (exact) mass is 161 g/mol. The Morgan fingerprint density at radius 1 is 1.42 bits per heavy atom. The summed E-state index contributed by atoms with van der Waals surface area (Å²) >= 11 is 0. The van der Waals surface area contributed by atoms with Crippen LogP contribution in [0.1, 0.15) is 36.5 Å². The highest BCUT2D eigenvalue weighted by molar-refractivity contribution is 5.95. The highest BCUT2D eigenvalue weighted by Gasteiger charge is 2.02. The Bertz CT molecular complexity index is 238. The van der Waals surface area contributed by atoms with Crippen molar-refractivity contribution in [1.82, 2.24) is 0 Å². The maximum Gasteiger partial charge on any atom is 0.162 e. The van der Waals surface area contributed by atoms with Crippen LogP contribution in [0.3, 0.4) is 0 Å². The lowest BCUT2D eigenvalue weighted by Gasteiger charge is -1.97. The molecule has 0 saturated heterocycles. The molecule has 1 nitrogen and oxygen atoms in total. The molecule has 0 bridgehead atoms. The Kier molecular flexibility index (Phi) is 3.52. The first-order chi connectivity index (χ1) is 5.84. The van der Waals surface area contributed by atoms with Crippen LogP contribution in [0.4, 0.5) is 0 Å². The summed E-state index contributed by atoms with van der Waals surface area (Å²) in [7, 11) is 0. The van der Waals surface area contributed by atoms with Crippen LogP contribution in [0.2, 0.25) is 0 Å². The molecule has 1 aromatic rings. The highest BCUT2D eigenvalue weighted by Crippen LogP contribution is 2.05. The fraction of sp³-hybridized carbons (Fsp3) is 0.364. The van der Waals surface area contributed by atoms with E-state index < -0.39 is 0 Å². The topological polar surface area (TPSA) is 17.1 Å². The summed E-state index contributed by atoms with van der Waals surface area (Å²) in [4.78, 5) is 11.4. The number of hydrogen-bond acceptors (Lipinski definition) is 1. The standard InChI is InChI=1S/C11H13O/c1-2-3-9-11(12)10-7-5-4-6-8-10/h5-8H,2-3,9H2,1H3. The van der Waals surface area contributed by atoms with E-state index in [2.05, 4.69) is 13.0 Å². The molecule has 1 radical (unpaired) electrons. The molecule has 0 aliphatic carbocycles. The molecule has 63 valence electrons. The summed E-state index contributed by atoms with van der Waals surface area (Å²) < 4.78 is 0. The summed E-state index contributed by atoms with van der Waals surface area (Å²) in [5, 5.41) is 0. The minimum Gasteiger partial charge on any atom is -0.294 e. The second-order valence-corrected chi connectivity index (χ2v) is 2.82. The van der Waals surface area contributed by atoms with E-state index in [1.165, 1.54) is 0 Å². The van der Waals surface area contributed by atoms with Gasteiger partial charge in [-0.15, -0.1) is 0 Å². The summed E-state index contributed by atoms with van der Waals surface area (Å²) in [6.45, 7) is 2.09. The lowest BCUT2D eigenvalue weighted by Crippen LogP contribution is -1.97. The van der Waals surface area contributed by atoms with Gasteiger partial charge in [0.05, 0.1) is 0 Å². The summed E-state index contributed by atoms with van der Waals surface area (Å²) in [6.07, 6.45) is 2.72. The minimum atomic E-state index is 0.242. The molecule has 0 spiro atoms. The van der Waals surface area contributed by atoms with Crippen LogP contribution in [0.25, 0.3) is 0 Å². The Morgan fingerprint density at radius 3 is 2.67 bits per heavy atom. The van der Waals surface area contributed by atoms with Crippen molar-refractivity contribution in [3.8, 4) is 0 Å². The summed E-state index contributed by atoms with van der Waals surface area (Å²) in [6, 6.07) is 10.1. The maximum absolute atomic E-state index is 11.4. The molecule has 0 aromatic heterocycles. The molecule has 1 aromatic carbocycles. The lowest BCUT2D eigenvalue weighted by atomic mass is 10.1. The van der Waals surface area contributed by atoms with Crippen molar-refractivity contribution >= 4 is 5.78 Å². The fourth-order valence-electron chi connectivity index (χ4n) is 1.05. The van der Waals surface area contributed by atoms with E-state index in [4.69, 9.17) is 0 Å². The predicted octanol–water partition coefficient (Wildman–Crippen LogP) is 2.86. The van der Waals surface area contributed by atoms with Gasteiger partial charge in [0, 0.05) is 12.0 Å². The van der Waals surface area contributed by atoms with Gasteiger partial charge in [0.2, 0.25) is 0 Å². The third-order valence-electron chi connectivity index (χ3n) is 1.80. The second kappa shape index (κ2) is 4.70. The first kappa shape index (κ1) is 8.98. The van der Waals surface area contributed by atoms with E-state index >= 15 is 0 Å². The van der Waals surface area contributed by atoms with Crippen molar-refractivity contribution < 1.29 is 4.79 Å². The van der Waals surface area contributed by atoms with Crippen molar-refractivity contribution in [2.24, 2.45) is 0 Å². The molecule has 1 rings (SSSR count). The fourth-order valence-corrected chi connectivity index (χ4v) is 1.05. The summed E-state index contributed by atoms with van der Waals surface area (Å²) in [5.41, 5.74) is 0.808. The van der Waals surface area contributed by atoms with Gasteiger partial charge in [0.1, 0.15) is 0 Å². The van der Waals surface area contributed by atoms with Crippen molar-refractivity contribution in [2.75, 3.05) is 0 Å². The maximum atomic E-state index is 11.4. The van der Waals surface area contributed by atoms with Gasteiger partial charge >= 0.3 is 0 Å². The molecule has 0 N–H and O–H groups in total. The van der Waals surface area contributed by atoms with Gasteiger partial charge in [-0.1, -0.05) is 37.6 Å². The molecule has 1 heteroatoms. The first-order valence-electron chi connectivity index (χ1n) is 4.34. The van der Waals surface area contributed by atoms with Crippen LogP contribution < -0.4 is 0 Å². The number of Topliss-reactive ketones (excluding diaryl/α,β-unsaturated/α-hetero) is 1. The smallest absolute Gasteiger partial charge is 0.162 e. The lowest BCUT2D eigenvalue weighted by molar-refractivity contribution is 0.0980. The second-order valence-electron chi connectivity index (χ2n) is 2.82. The third kappa shape index (κ3) is 2.50.